The largest absolute Gasteiger partial charge is 0.444 e. The van der Waals surface area contributed by atoms with E-state index in [0.717, 1.165) is 0 Å². The number of nitrogens with zero attached hydrogens (tertiary/aromatic N) is 1. The van der Waals surface area contributed by atoms with Crippen molar-refractivity contribution in [2.24, 2.45) is 0 Å². The zero-order valence-electron chi connectivity index (χ0n) is 13.2. The predicted octanol–water partition coefficient (Wildman–Crippen LogP) is 1.90. The minimum atomic E-state index is -0.695. The van der Waals surface area contributed by atoms with Crippen LogP contribution in [0.3, 0.4) is 0 Å². The quantitative estimate of drug-likeness (QED) is 0.895. The van der Waals surface area contributed by atoms with Crippen LogP contribution in [0.1, 0.15) is 26.3 Å². The predicted molar refractivity (Wildman–Crippen MR) is 80.8 cm³/mol. The van der Waals surface area contributed by atoms with E-state index in [4.69, 9.17) is 4.74 Å². The van der Waals surface area contributed by atoms with Gasteiger partial charge in [-0.3, -0.25) is 0 Å². The number of rotatable bonds is 3. The van der Waals surface area contributed by atoms with Gasteiger partial charge in [0.15, 0.2) is 0 Å². The number of hydrogen-bond donors (Lipinski definition) is 2. The van der Waals surface area contributed by atoms with E-state index in [1.54, 1.807) is 39.0 Å². The Labute approximate surface area is 130 Å². The number of carbonyl (C=O) groups is 1. The standard InChI is InChI=1S/C16H23FN2O3/c1-16(2,3)22-15(21)19-9-13(14(20)10-19)18-8-11-6-4-5-7-12(11)17/h4-7,13-14,18,20H,8-10H2,1-3H3/t13-,14-/m1/s1. The van der Waals surface area contributed by atoms with Gasteiger partial charge in [0, 0.05) is 18.7 Å². The van der Waals surface area contributed by atoms with Gasteiger partial charge < -0.3 is 20.1 Å². The number of aliphatic hydroxyl groups excluding tert-OH is 1. The minimum Gasteiger partial charge on any atom is -0.444 e. The lowest BCUT2D eigenvalue weighted by Gasteiger charge is -2.24. The minimum absolute atomic E-state index is 0.212. The number of likely N-dealkylation sites (tertiary alicyclic amines) is 1. The summed E-state index contributed by atoms with van der Waals surface area (Å²) >= 11 is 0. The van der Waals surface area contributed by atoms with Crippen LogP contribution in [-0.4, -0.2) is 46.9 Å². The first-order chi connectivity index (χ1) is 10.3. The molecule has 2 atom stereocenters. The lowest BCUT2D eigenvalue weighted by Crippen LogP contribution is -2.39. The van der Waals surface area contributed by atoms with E-state index < -0.39 is 17.8 Å². The molecule has 2 N–H and O–H groups in total. The Morgan fingerprint density at radius 3 is 2.73 bits per heavy atom. The molecule has 0 unspecified atom stereocenters. The number of carbonyl (C=O) groups excluding carboxylic acids is 1. The van der Waals surface area contributed by atoms with Crippen LogP contribution in [0.4, 0.5) is 9.18 Å². The molecule has 0 aromatic heterocycles. The Hall–Kier alpha value is -1.66. The molecule has 0 saturated carbocycles. The third kappa shape index (κ3) is 4.42. The summed E-state index contributed by atoms with van der Waals surface area (Å²) in [6, 6.07) is 6.18. The highest BCUT2D eigenvalue weighted by atomic mass is 19.1. The first-order valence-electron chi connectivity index (χ1n) is 7.39. The van der Waals surface area contributed by atoms with Crippen molar-refractivity contribution >= 4 is 6.09 Å². The number of halogens is 1. The van der Waals surface area contributed by atoms with Gasteiger partial charge in [0.1, 0.15) is 11.4 Å². The second-order valence-electron chi connectivity index (χ2n) is 6.53. The molecule has 1 fully saturated rings. The highest BCUT2D eigenvalue weighted by Crippen LogP contribution is 2.16. The Balaban J connectivity index is 1.89. The number of ether oxygens (including phenoxy) is 1. The molecule has 1 saturated heterocycles. The van der Waals surface area contributed by atoms with Gasteiger partial charge in [-0.1, -0.05) is 18.2 Å². The molecule has 22 heavy (non-hydrogen) atoms. The van der Waals surface area contributed by atoms with Crippen molar-refractivity contribution in [1.82, 2.24) is 10.2 Å². The van der Waals surface area contributed by atoms with Crippen molar-refractivity contribution in [3.05, 3.63) is 35.6 Å². The maximum atomic E-state index is 13.6. The zero-order valence-corrected chi connectivity index (χ0v) is 13.2. The number of nitrogens with one attached hydrogen (secondary N) is 1. The molecular weight excluding hydrogens is 287 g/mol. The maximum absolute atomic E-state index is 13.6. The molecule has 0 spiro atoms. The van der Waals surface area contributed by atoms with Crippen molar-refractivity contribution in [1.29, 1.82) is 0 Å². The van der Waals surface area contributed by atoms with Gasteiger partial charge in [0.25, 0.3) is 0 Å². The maximum Gasteiger partial charge on any atom is 0.410 e. The summed E-state index contributed by atoms with van der Waals surface area (Å²) < 4.78 is 18.9. The molecule has 2 rings (SSSR count). The van der Waals surface area contributed by atoms with Gasteiger partial charge >= 0.3 is 6.09 Å². The Bertz CT molecular complexity index is 530. The Morgan fingerprint density at radius 1 is 1.41 bits per heavy atom. The van der Waals surface area contributed by atoms with E-state index in [-0.39, 0.29) is 18.4 Å². The van der Waals surface area contributed by atoms with Crippen LogP contribution in [0.5, 0.6) is 0 Å². The van der Waals surface area contributed by atoms with Crippen molar-refractivity contribution in [2.45, 2.75) is 45.1 Å². The molecule has 1 aliphatic rings. The molecule has 1 aromatic carbocycles. The Kier molecular flexibility index (Phi) is 5.03. The van der Waals surface area contributed by atoms with E-state index >= 15 is 0 Å². The van der Waals surface area contributed by atoms with Gasteiger partial charge in [-0.15, -0.1) is 0 Å². The summed E-state index contributed by atoms with van der Waals surface area (Å²) in [5.74, 6) is -0.286. The summed E-state index contributed by atoms with van der Waals surface area (Å²) in [5, 5.41) is 13.1. The van der Waals surface area contributed by atoms with Gasteiger partial charge in [0.2, 0.25) is 0 Å². The van der Waals surface area contributed by atoms with E-state index in [1.165, 1.54) is 11.0 Å². The molecule has 0 radical (unpaired) electrons. The molecule has 0 aliphatic carbocycles. The van der Waals surface area contributed by atoms with Crippen LogP contribution < -0.4 is 5.32 Å². The van der Waals surface area contributed by atoms with Gasteiger partial charge in [-0.25, -0.2) is 9.18 Å². The summed E-state index contributed by atoms with van der Waals surface area (Å²) in [6.07, 6.45) is -1.14. The van der Waals surface area contributed by atoms with E-state index in [0.29, 0.717) is 18.7 Å². The molecule has 5 nitrogen and oxygen atoms in total. The average Bonchev–Trinajstić information content (AvgIpc) is 2.78. The van der Waals surface area contributed by atoms with Gasteiger partial charge in [0.05, 0.1) is 18.7 Å². The van der Waals surface area contributed by atoms with E-state index in [9.17, 15) is 14.3 Å². The number of benzene rings is 1. The van der Waals surface area contributed by atoms with Gasteiger partial charge in [-0.2, -0.15) is 0 Å². The average molecular weight is 310 g/mol. The van der Waals surface area contributed by atoms with Crippen LogP contribution in [0.25, 0.3) is 0 Å². The number of hydrogen-bond acceptors (Lipinski definition) is 4. The summed E-state index contributed by atoms with van der Waals surface area (Å²) in [4.78, 5) is 13.5. The van der Waals surface area contributed by atoms with Crippen LogP contribution in [-0.2, 0) is 11.3 Å². The highest BCUT2D eigenvalue weighted by Gasteiger charge is 2.35. The molecule has 6 heteroatoms. The molecular formula is C16H23FN2O3. The lowest BCUT2D eigenvalue weighted by atomic mass is 10.1. The fourth-order valence-corrected chi connectivity index (χ4v) is 2.35. The zero-order chi connectivity index (χ0) is 16.3. The third-order valence-corrected chi connectivity index (χ3v) is 3.45. The van der Waals surface area contributed by atoms with Crippen molar-refractivity contribution in [3.8, 4) is 0 Å². The van der Waals surface area contributed by atoms with Crippen LogP contribution in [0.15, 0.2) is 24.3 Å². The lowest BCUT2D eigenvalue weighted by molar-refractivity contribution is 0.0270. The van der Waals surface area contributed by atoms with E-state index in [1.807, 2.05) is 0 Å². The Morgan fingerprint density at radius 2 is 2.09 bits per heavy atom. The number of amides is 1. The molecule has 0 bridgehead atoms. The molecule has 1 heterocycles. The first kappa shape index (κ1) is 16.7. The van der Waals surface area contributed by atoms with Crippen LogP contribution in [0, 0.1) is 5.82 Å². The topological polar surface area (TPSA) is 61.8 Å². The fraction of sp³-hybridized carbons (Fsp3) is 0.562. The van der Waals surface area contributed by atoms with Crippen molar-refractivity contribution < 1.29 is 19.0 Å². The van der Waals surface area contributed by atoms with Crippen LogP contribution in [0.2, 0.25) is 0 Å². The van der Waals surface area contributed by atoms with E-state index in [2.05, 4.69) is 5.32 Å². The highest BCUT2D eigenvalue weighted by molar-refractivity contribution is 5.68. The fourth-order valence-electron chi connectivity index (χ4n) is 2.35. The van der Waals surface area contributed by atoms with Crippen molar-refractivity contribution in [3.63, 3.8) is 0 Å². The summed E-state index contributed by atoms with van der Waals surface area (Å²) in [6.45, 7) is 6.24. The number of aliphatic hydroxyl groups is 1. The number of β-amino-alcohol motifs (C(OH)–C–C–N with tert-alkyl or cyclic N) is 1. The second-order valence-corrected chi connectivity index (χ2v) is 6.53. The summed E-state index contributed by atoms with van der Waals surface area (Å²) in [5.41, 5.74) is -0.0359. The van der Waals surface area contributed by atoms with Crippen LogP contribution >= 0.6 is 0 Å². The monoisotopic (exact) mass is 310 g/mol. The SMILES string of the molecule is CC(C)(C)OC(=O)N1C[C@@H](O)[C@H](NCc2ccccc2F)C1. The molecule has 1 aromatic rings. The van der Waals surface area contributed by atoms with Gasteiger partial charge in [-0.05, 0) is 26.8 Å². The second kappa shape index (κ2) is 6.62. The third-order valence-electron chi connectivity index (χ3n) is 3.45. The molecule has 1 amide bonds. The molecule has 1 aliphatic heterocycles. The molecule has 122 valence electrons. The summed E-state index contributed by atoms with van der Waals surface area (Å²) in [7, 11) is 0. The smallest absolute Gasteiger partial charge is 0.410 e. The normalized spacial score (nSPS) is 22.0. The van der Waals surface area contributed by atoms with Crippen molar-refractivity contribution in [2.75, 3.05) is 13.1 Å². The first-order valence-corrected chi connectivity index (χ1v) is 7.39.